The van der Waals surface area contributed by atoms with Gasteiger partial charge >= 0.3 is 0 Å². The molecule has 0 aromatic heterocycles. The predicted molar refractivity (Wildman–Crippen MR) is 84.2 cm³/mol. The molecule has 0 fully saturated rings. The van der Waals surface area contributed by atoms with E-state index in [2.05, 4.69) is 13.8 Å². The van der Waals surface area contributed by atoms with Crippen molar-refractivity contribution in [3.63, 3.8) is 0 Å². The molecule has 0 bridgehead atoms. The van der Waals surface area contributed by atoms with Crippen LogP contribution in [0.3, 0.4) is 0 Å². The molecule has 20 heavy (non-hydrogen) atoms. The Labute approximate surface area is 122 Å². The summed E-state index contributed by atoms with van der Waals surface area (Å²) in [5.74, 6) is 1.54. The molecule has 1 rings (SSSR count). The van der Waals surface area contributed by atoms with Crippen LogP contribution in [-0.4, -0.2) is 12.4 Å². The van der Waals surface area contributed by atoms with Crippen LogP contribution in [0.4, 0.5) is 5.69 Å². The number of carbonyl (C=O) groups is 1. The van der Waals surface area contributed by atoms with Gasteiger partial charge in [0.25, 0.3) is 0 Å². The maximum Gasteiger partial charge on any atom is 0.165 e. The van der Waals surface area contributed by atoms with Crippen molar-refractivity contribution in [3.8, 4) is 5.75 Å². The van der Waals surface area contributed by atoms with E-state index in [4.69, 9.17) is 10.5 Å². The minimum Gasteiger partial charge on any atom is -0.491 e. The highest BCUT2D eigenvalue weighted by Crippen LogP contribution is 2.25. The van der Waals surface area contributed by atoms with Crippen LogP contribution in [0.5, 0.6) is 5.75 Å². The molecule has 0 saturated heterocycles. The van der Waals surface area contributed by atoms with Gasteiger partial charge in [-0.2, -0.15) is 0 Å². The summed E-state index contributed by atoms with van der Waals surface area (Å²) in [6.07, 6.45) is 2.72. The van der Waals surface area contributed by atoms with Crippen LogP contribution in [0.2, 0.25) is 0 Å². The van der Waals surface area contributed by atoms with E-state index in [-0.39, 0.29) is 11.7 Å². The molecule has 0 aliphatic carbocycles. The number of Topliss-reactive ketones (excluding diaryl/α,β-unsaturated/α-hetero) is 1. The summed E-state index contributed by atoms with van der Waals surface area (Å²) in [5.41, 5.74) is 7.22. The van der Waals surface area contributed by atoms with Crippen molar-refractivity contribution in [2.75, 3.05) is 12.3 Å². The van der Waals surface area contributed by atoms with Crippen molar-refractivity contribution in [3.05, 3.63) is 23.8 Å². The maximum absolute atomic E-state index is 12.3. The molecule has 0 amide bonds. The van der Waals surface area contributed by atoms with Crippen molar-refractivity contribution in [2.45, 2.75) is 47.0 Å². The van der Waals surface area contributed by atoms with E-state index < -0.39 is 0 Å². The van der Waals surface area contributed by atoms with Gasteiger partial charge in [0.15, 0.2) is 5.78 Å². The summed E-state index contributed by atoms with van der Waals surface area (Å²) >= 11 is 0. The first-order valence-corrected chi connectivity index (χ1v) is 7.56. The fourth-order valence-corrected chi connectivity index (χ4v) is 2.13. The number of carbonyl (C=O) groups excluding carboxylic acids is 1. The third kappa shape index (κ3) is 4.55. The van der Waals surface area contributed by atoms with Gasteiger partial charge in [0.2, 0.25) is 0 Å². The van der Waals surface area contributed by atoms with E-state index >= 15 is 0 Å². The highest BCUT2D eigenvalue weighted by molar-refractivity contribution is 5.98. The number of benzene rings is 1. The predicted octanol–water partition coefficient (Wildman–Crippen LogP) is 4.31. The summed E-state index contributed by atoms with van der Waals surface area (Å²) in [5, 5.41) is 0. The first-order valence-electron chi connectivity index (χ1n) is 7.56. The highest BCUT2D eigenvalue weighted by Gasteiger charge is 2.17. The Balaban J connectivity index is 2.74. The molecular weight excluding hydrogens is 250 g/mol. The number of anilines is 1. The van der Waals surface area contributed by atoms with E-state index in [1.165, 1.54) is 0 Å². The van der Waals surface area contributed by atoms with Gasteiger partial charge in [-0.15, -0.1) is 0 Å². The topological polar surface area (TPSA) is 52.3 Å². The quantitative estimate of drug-likeness (QED) is 0.569. The first-order chi connectivity index (χ1) is 9.49. The molecule has 1 aromatic rings. The summed E-state index contributed by atoms with van der Waals surface area (Å²) in [6, 6.07) is 5.37. The standard InChI is InChI=1S/C17H27NO2/c1-5-13(6-2)17(19)14-7-8-16(15(18)11-14)20-10-9-12(3)4/h7-8,11-13H,5-6,9-10,18H2,1-4H3. The van der Waals surface area contributed by atoms with Crippen molar-refractivity contribution >= 4 is 11.5 Å². The Bertz CT molecular complexity index is 437. The minimum atomic E-state index is 0.0853. The van der Waals surface area contributed by atoms with Crippen LogP contribution >= 0.6 is 0 Å². The smallest absolute Gasteiger partial charge is 0.165 e. The average Bonchev–Trinajstić information content (AvgIpc) is 2.41. The zero-order chi connectivity index (χ0) is 15.1. The Morgan fingerprint density at radius 3 is 2.40 bits per heavy atom. The van der Waals surface area contributed by atoms with Crippen molar-refractivity contribution in [2.24, 2.45) is 11.8 Å². The monoisotopic (exact) mass is 277 g/mol. The van der Waals surface area contributed by atoms with Gasteiger partial charge in [-0.1, -0.05) is 27.7 Å². The number of hydrogen-bond donors (Lipinski definition) is 1. The third-order valence-corrected chi connectivity index (χ3v) is 3.60. The lowest BCUT2D eigenvalue weighted by molar-refractivity contribution is 0.0913. The molecular formula is C17H27NO2. The lowest BCUT2D eigenvalue weighted by Crippen LogP contribution is -2.13. The van der Waals surface area contributed by atoms with Gasteiger partial charge in [-0.3, -0.25) is 4.79 Å². The van der Waals surface area contributed by atoms with Crippen LogP contribution in [0, 0.1) is 11.8 Å². The number of hydrogen-bond acceptors (Lipinski definition) is 3. The number of rotatable bonds is 8. The molecule has 2 N–H and O–H groups in total. The molecule has 0 radical (unpaired) electrons. The fourth-order valence-electron chi connectivity index (χ4n) is 2.13. The summed E-state index contributed by atoms with van der Waals surface area (Å²) in [4.78, 5) is 12.3. The molecule has 3 heteroatoms. The van der Waals surface area contributed by atoms with E-state index in [0.29, 0.717) is 29.5 Å². The molecule has 1 aromatic carbocycles. The van der Waals surface area contributed by atoms with Crippen LogP contribution in [0.25, 0.3) is 0 Å². The summed E-state index contributed by atoms with van der Waals surface area (Å²) < 4.78 is 5.66. The van der Waals surface area contributed by atoms with Gasteiger partial charge in [0.05, 0.1) is 12.3 Å². The Morgan fingerprint density at radius 1 is 1.25 bits per heavy atom. The van der Waals surface area contributed by atoms with Gasteiger partial charge in [-0.05, 0) is 43.4 Å². The van der Waals surface area contributed by atoms with Crippen LogP contribution < -0.4 is 10.5 Å². The number of ketones is 1. The molecule has 0 heterocycles. The largest absolute Gasteiger partial charge is 0.491 e. The van der Waals surface area contributed by atoms with Crippen molar-refractivity contribution < 1.29 is 9.53 Å². The lowest BCUT2D eigenvalue weighted by Gasteiger charge is -2.14. The van der Waals surface area contributed by atoms with E-state index in [9.17, 15) is 4.79 Å². The fraction of sp³-hybridized carbons (Fsp3) is 0.588. The average molecular weight is 277 g/mol. The second-order valence-corrected chi connectivity index (χ2v) is 5.66. The molecule has 0 spiro atoms. The minimum absolute atomic E-state index is 0.0853. The molecule has 0 unspecified atom stereocenters. The van der Waals surface area contributed by atoms with Crippen molar-refractivity contribution in [1.82, 2.24) is 0 Å². The van der Waals surface area contributed by atoms with Crippen LogP contribution in [0.15, 0.2) is 18.2 Å². The molecule has 0 aliphatic heterocycles. The zero-order valence-electron chi connectivity index (χ0n) is 13.1. The van der Waals surface area contributed by atoms with E-state index in [0.717, 1.165) is 19.3 Å². The zero-order valence-corrected chi connectivity index (χ0v) is 13.1. The second-order valence-electron chi connectivity index (χ2n) is 5.66. The van der Waals surface area contributed by atoms with Crippen molar-refractivity contribution in [1.29, 1.82) is 0 Å². The highest BCUT2D eigenvalue weighted by atomic mass is 16.5. The van der Waals surface area contributed by atoms with Gasteiger partial charge in [-0.25, -0.2) is 0 Å². The summed E-state index contributed by atoms with van der Waals surface area (Å²) in [7, 11) is 0. The number of nitrogen functional groups attached to an aromatic ring is 1. The molecule has 0 saturated carbocycles. The Morgan fingerprint density at radius 2 is 1.90 bits per heavy atom. The first kappa shape index (κ1) is 16.5. The molecule has 112 valence electrons. The molecule has 3 nitrogen and oxygen atoms in total. The molecule has 0 aliphatic rings. The Kier molecular flexibility index (Phi) is 6.56. The number of ether oxygens (including phenoxy) is 1. The van der Waals surface area contributed by atoms with Crippen LogP contribution in [0.1, 0.15) is 57.3 Å². The van der Waals surface area contributed by atoms with Gasteiger partial charge in [0, 0.05) is 11.5 Å². The normalized spacial score (nSPS) is 11.1. The summed E-state index contributed by atoms with van der Waals surface area (Å²) in [6.45, 7) is 9.05. The maximum atomic E-state index is 12.3. The lowest BCUT2D eigenvalue weighted by atomic mass is 9.93. The third-order valence-electron chi connectivity index (χ3n) is 3.60. The SMILES string of the molecule is CCC(CC)C(=O)c1ccc(OCCC(C)C)c(N)c1. The number of nitrogens with two attached hydrogens (primary N) is 1. The second kappa shape index (κ2) is 7.93. The Hall–Kier alpha value is -1.51. The van der Waals surface area contributed by atoms with E-state index in [1.807, 2.05) is 26.0 Å². The van der Waals surface area contributed by atoms with Crippen LogP contribution in [-0.2, 0) is 0 Å². The molecule has 0 atom stereocenters. The van der Waals surface area contributed by atoms with E-state index in [1.54, 1.807) is 6.07 Å². The van der Waals surface area contributed by atoms with Gasteiger partial charge < -0.3 is 10.5 Å². The van der Waals surface area contributed by atoms with Gasteiger partial charge in [0.1, 0.15) is 5.75 Å².